The van der Waals surface area contributed by atoms with Crippen LogP contribution in [0, 0.1) is 0 Å². The Bertz CT molecular complexity index is 605. The molecular formula is C16H24N2O3S. The Labute approximate surface area is 132 Å². The van der Waals surface area contributed by atoms with Gasteiger partial charge < -0.3 is 5.32 Å². The average molecular weight is 324 g/mol. The zero-order valence-electron chi connectivity index (χ0n) is 13.2. The molecule has 122 valence electrons. The van der Waals surface area contributed by atoms with Crippen LogP contribution in [0.1, 0.15) is 49.4 Å². The Morgan fingerprint density at radius 3 is 2.27 bits per heavy atom. The standard InChI is InChI=1S/C16H24N2O3S/c1-3-18(22(2,20)21)15-11-9-13(10-12-15)16(19)17-14-7-5-4-6-8-14/h9-12,14H,3-8H2,1-2H3,(H,17,19). The highest BCUT2D eigenvalue weighted by Gasteiger charge is 2.18. The molecule has 1 aromatic carbocycles. The molecule has 1 N–H and O–H groups in total. The van der Waals surface area contributed by atoms with E-state index in [2.05, 4.69) is 5.32 Å². The van der Waals surface area contributed by atoms with Crippen LogP contribution in [0.25, 0.3) is 0 Å². The van der Waals surface area contributed by atoms with E-state index in [9.17, 15) is 13.2 Å². The summed E-state index contributed by atoms with van der Waals surface area (Å²) in [6, 6.07) is 6.99. The van der Waals surface area contributed by atoms with Crippen LogP contribution in [0.15, 0.2) is 24.3 Å². The number of anilines is 1. The summed E-state index contributed by atoms with van der Waals surface area (Å²) in [5, 5.41) is 3.06. The van der Waals surface area contributed by atoms with Crippen LogP contribution in [-0.4, -0.2) is 33.2 Å². The third-order valence-electron chi connectivity index (χ3n) is 4.05. The van der Waals surface area contributed by atoms with Crippen LogP contribution in [0.3, 0.4) is 0 Å². The van der Waals surface area contributed by atoms with Crippen molar-refractivity contribution in [3.8, 4) is 0 Å². The molecule has 0 unspecified atom stereocenters. The van der Waals surface area contributed by atoms with Gasteiger partial charge in [0, 0.05) is 18.2 Å². The molecule has 0 radical (unpaired) electrons. The summed E-state index contributed by atoms with van der Waals surface area (Å²) < 4.78 is 24.7. The molecule has 1 saturated carbocycles. The highest BCUT2D eigenvalue weighted by atomic mass is 32.2. The van der Waals surface area contributed by atoms with Crippen molar-refractivity contribution < 1.29 is 13.2 Å². The molecule has 0 heterocycles. The molecule has 1 aromatic rings. The normalized spacial score (nSPS) is 16.3. The Hall–Kier alpha value is -1.56. The van der Waals surface area contributed by atoms with Crippen LogP contribution in [-0.2, 0) is 10.0 Å². The van der Waals surface area contributed by atoms with Crippen molar-refractivity contribution in [2.45, 2.75) is 45.1 Å². The SMILES string of the molecule is CCN(c1ccc(C(=O)NC2CCCCC2)cc1)S(C)(=O)=O. The second kappa shape index (κ2) is 7.13. The fourth-order valence-corrected chi connectivity index (χ4v) is 3.88. The lowest BCUT2D eigenvalue weighted by Gasteiger charge is -2.23. The fraction of sp³-hybridized carbons (Fsp3) is 0.562. The molecular weight excluding hydrogens is 300 g/mol. The number of hydrogen-bond donors (Lipinski definition) is 1. The van der Waals surface area contributed by atoms with Crippen molar-refractivity contribution in [1.29, 1.82) is 0 Å². The van der Waals surface area contributed by atoms with Gasteiger partial charge >= 0.3 is 0 Å². The van der Waals surface area contributed by atoms with Crippen LogP contribution in [0.5, 0.6) is 0 Å². The first-order valence-corrected chi connectivity index (χ1v) is 9.65. The molecule has 1 fully saturated rings. The minimum atomic E-state index is -3.29. The smallest absolute Gasteiger partial charge is 0.251 e. The van der Waals surface area contributed by atoms with Crippen LogP contribution in [0.4, 0.5) is 5.69 Å². The minimum Gasteiger partial charge on any atom is -0.349 e. The molecule has 0 atom stereocenters. The van der Waals surface area contributed by atoms with E-state index in [0.717, 1.165) is 12.8 Å². The van der Waals surface area contributed by atoms with Crippen molar-refractivity contribution in [3.05, 3.63) is 29.8 Å². The number of hydrogen-bond acceptors (Lipinski definition) is 3. The number of amides is 1. The van der Waals surface area contributed by atoms with Gasteiger partial charge in [-0.2, -0.15) is 0 Å². The molecule has 22 heavy (non-hydrogen) atoms. The van der Waals surface area contributed by atoms with E-state index in [1.807, 2.05) is 0 Å². The molecule has 2 rings (SSSR count). The number of sulfonamides is 1. The first-order chi connectivity index (χ1) is 10.4. The minimum absolute atomic E-state index is 0.0825. The van der Waals surface area contributed by atoms with Gasteiger partial charge in [0.05, 0.1) is 11.9 Å². The van der Waals surface area contributed by atoms with E-state index >= 15 is 0 Å². The second-order valence-electron chi connectivity index (χ2n) is 5.78. The first kappa shape index (κ1) is 16.8. The topological polar surface area (TPSA) is 66.5 Å². The summed E-state index contributed by atoms with van der Waals surface area (Å²) >= 11 is 0. The highest BCUT2D eigenvalue weighted by molar-refractivity contribution is 7.92. The van der Waals surface area contributed by atoms with E-state index in [1.165, 1.54) is 29.8 Å². The number of carbonyl (C=O) groups is 1. The molecule has 0 bridgehead atoms. The van der Waals surface area contributed by atoms with Crippen LogP contribution >= 0.6 is 0 Å². The monoisotopic (exact) mass is 324 g/mol. The molecule has 0 aromatic heterocycles. The molecule has 0 saturated heterocycles. The fourth-order valence-electron chi connectivity index (χ4n) is 2.90. The maximum atomic E-state index is 12.2. The number of nitrogens with one attached hydrogen (secondary N) is 1. The molecule has 1 aliphatic carbocycles. The van der Waals surface area contributed by atoms with Crippen molar-refractivity contribution in [2.75, 3.05) is 17.1 Å². The van der Waals surface area contributed by atoms with Gasteiger partial charge in [0.15, 0.2) is 0 Å². The maximum Gasteiger partial charge on any atom is 0.251 e. The third kappa shape index (κ3) is 4.22. The van der Waals surface area contributed by atoms with Gasteiger partial charge in [-0.1, -0.05) is 19.3 Å². The molecule has 5 nitrogen and oxygen atoms in total. The van der Waals surface area contributed by atoms with E-state index < -0.39 is 10.0 Å². The van der Waals surface area contributed by atoms with Gasteiger partial charge in [0.2, 0.25) is 10.0 Å². The maximum absolute atomic E-state index is 12.2. The zero-order valence-corrected chi connectivity index (χ0v) is 14.0. The number of carbonyl (C=O) groups excluding carboxylic acids is 1. The summed E-state index contributed by atoms with van der Waals surface area (Å²) in [4.78, 5) is 12.2. The lowest BCUT2D eigenvalue weighted by atomic mass is 9.95. The average Bonchev–Trinajstić information content (AvgIpc) is 2.48. The second-order valence-corrected chi connectivity index (χ2v) is 7.69. The van der Waals surface area contributed by atoms with Crippen molar-refractivity contribution >= 4 is 21.6 Å². The number of nitrogens with zero attached hydrogens (tertiary/aromatic N) is 1. The third-order valence-corrected chi connectivity index (χ3v) is 5.32. The summed E-state index contributed by atoms with van der Waals surface area (Å²) in [5.41, 5.74) is 1.15. The predicted molar refractivity (Wildman–Crippen MR) is 88.6 cm³/mol. The largest absolute Gasteiger partial charge is 0.349 e. The van der Waals surface area contributed by atoms with Crippen LogP contribution < -0.4 is 9.62 Å². The summed E-state index contributed by atoms with van der Waals surface area (Å²) in [5.74, 6) is -0.0825. The highest BCUT2D eigenvalue weighted by Crippen LogP contribution is 2.20. The molecule has 6 heteroatoms. The Kier molecular flexibility index (Phi) is 5.45. The van der Waals surface area contributed by atoms with E-state index in [0.29, 0.717) is 17.8 Å². The van der Waals surface area contributed by atoms with E-state index in [4.69, 9.17) is 0 Å². The molecule has 1 aliphatic rings. The van der Waals surface area contributed by atoms with Crippen molar-refractivity contribution in [2.24, 2.45) is 0 Å². The zero-order chi connectivity index (χ0) is 16.2. The summed E-state index contributed by atoms with van der Waals surface area (Å²) in [6.45, 7) is 2.15. The molecule has 1 amide bonds. The lowest BCUT2D eigenvalue weighted by molar-refractivity contribution is 0.0927. The van der Waals surface area contributed by atoms with Gasteiger partial charge in [0.1, 0.15) is 0 Å². The van der Waals surface area contributed by atoms with E-state index in [1.54, 1.807) is 31.2 Å². The Morgan fingerprint density at radius 1 is 1.18 bits per heavy atom. The van der Waals surface area contributed by atoms with Gasteiger partial charge in [-0.25, -0.2) is 8.42 Å². The first-order valence-electron chi connectivity index (χ1n) is 7.80. The Balaban J connectivity index is 2.06. The van der Waals surface area contributed by atoms with Crippen LogP contribution in [0.2, 0.25) is 0 Å². The number of benzene rings is 1. The molecule has 0 spiro atoms. The number of rotatable bonds is 5. The van der Waals surface area contributed by atoms with Crippen molar-refractivity contribution in [1.82, 2.24) is 5.32 Å². The van der Waals surface area contributed by atoms with Gasteiger partial charge in [-0.05, 0) is 44.0 Å². The quantitative estimate of drug-likeness (QED) is 0.905. The predicted octanol–water partition coefficient (Wildman–Crippen LogP) is 2.54. The Morgan fingerprint density at radius 2 is 1.77 bits per heavy atom. The van der Waals surface area contributed by atoms with Crippen molar-refractivity contribution in [3.63, 3.8) is 0 Å². The lowest BCUT2D eigenvalue weighted by Crippen LogP contribution is -2.36. The summed E-state index contributed by atoms with van der Waals surface area (Å²) in [6.07, 6.45) is 6.86. The van der Waals surface area contributed by atoms with Gasteiger partial charge in [-0.15, -0.1) is 0 Å². The van der Waals surface area contributed by atoms with Gasteiger partial charge in [0.25, 0.3) is 5.91 Å². The van der Waals surface area contributed by atoms with E-state index in [-0.39, 0.29) is 11.9 Å². The van der Waals surface area contributed by atoms with Gasteiger partial charge in [-0.3, -0.25) is 9.10 Å². The molecule has 0 aliphatic heterocycles. The summed E-state index contributed by atoms with van der Waals surface area (Å²) in [7, 11) is -3.29.